The Labute approximate surface area is 137 Å². The summed E-state index contributed by atoms with van der Waals surface area (Å²) in [5.74, 6) is 0.0210. The quantitative estimate of drug-likeness (QED) is 0.782. The highest BCUT2D eigenvalue weighted by atomic mass is 16.5. The zero-order chi connectivity index (χ0) is 15.9. The van der Waals surface area contributed by atoms with Gasteiger partial charge in [0.05, 0.1) is 19.3 Å². The summed E-state index contributed by atoms with van der Waals surface area (Å²) in [5.41, 5.74) is 2.76. The fourth-order valence-electron chi connectivity index (χ4n) is 3.25. The normalized spacial score (nSPS) is 24.0. The van der Waals surface area contributed by atoms with Gasteiger partial charge in [0, 0.05) is 19.7 Å². The molecular weight excluding hydrogens is 292 g/mol. The minimum Gasteiger partial charge on any atom is -0.378 e. The van der Waals surface area contributed by atoms with Crippen LogP contribution in [0, 0.1) is 0 Å². The molecule has 2 unspecified atom stereocenters. The van der Waals surface area contributed by atoms with Crippen LogP contribution < -0.4 is 10.6 Å². The van der Waals surface area contributed by atoms with Gasteiger partial charge >= 0.3 is 0 Å². The number of aryl methyl sites for hydroxylation is 1. The summed E-state index contributed by atoms with van der Waals surface area (Å²) >= 11 is 0. The summed E-state index contributed by atoms with van der Waals surface area (Å²) < 4.78 is 11.3. The Hall–Kier alpha value is -1.43. The molecule has 1 heterocycles. The molecule has 1 fully saturated rings. The highest BCUT2D eigenvalue weighted by molar-refractivity contribution is 5.81. The number of rotatable bonds is 6. The number of amides is 1. The summed E-state index contributed by atoms with van der Waals surface area (Å²) in [6, 6.07) is 8.34. The maximum absolute atomic E-state index is 11.9. The van der Waals surface area contributed by atoms with Gasteiger partial charge in [-0.05, 0) is 36.8 Å². The van der Waals surface area contributed by atoms with E-state index < -0.39 is 0 Å². The molecule has 0 saturated carbocycles. The number of benzene rings is 1. The Bertz CT molecular complexity index is 515. The van der Waals surface area contributed by atoms with Crippen LogP contribution in [0.4, 0.5) is 0 Å². The van der Waals surface area contributed by atoms with Gasteiger partial charge < -0.3 is 20.1 Å². The topological polar surface area (TPSA) is 59.6 Å². The molecule has 2 N–H and O–H groups in total. The van der Waals surface area contributed by atoms with Crippen molar-refractivity contribution in [2.24, 2.45) is 0 Å². The Balaban J connectivity index is 1.35. The third kappa shape index (κ3) is 4.53. The van der Waals surface area contributed by atoms with Crippen LogP contribution in [-0.2, 0) is 20.7 Å². The molecule has 23 heavy (non-hydrogen) atoms. The number of morpholine rings is 1. The molecule has 2 atom stereocenters. The first-order valence-corrected chi connectivity index (χ1v) is 8.63. The van der Waals surface area contributed by atoms with Crippen LogP contribution >= 0.6 is 0 Å². The van der Waals surface area contributed by atoms with Crippen molar-refractivity contribution >= 4 is 5.91 Å². The Morgan fingerprint density at radius 2 is 2.30 bits per heavy atom. The molecule has 5 nitrogen and oxygen atoms in total. The summed E-state index contributed by atoms with van der Waals surface area (Å²) in [4.78, 5) is 11.9. The first-order chi connectivity index (χ1) is 11.3. The molecule has 0 bridgehead atoms. The van der Waals surface area contributed by atoms with E-state index in [1.165, 1.54) is 17.5 Å². The molecule has 1 amide bonds. The van der Waals surface area contributed by atoms with Crippen molar-refractivity contribution in [1.29, 1.82) is 0 Å². The van der Waals surface area contributed by atoms with Crippen LogP contribution in [0.3, 0.4) is 0 Å². The number of hydrogen-bond acceptors (Lipinski definition) is 4. The van der Waals surface area contributed by atoms with E-state index in [0.29, 0.717) is 26.4 Å². The molecule has 5 heteroatoms. The number of carbonyl (C=O) groups is 1. The van der Waals surface area contributed by atoms with E-state index >= 15 is 0 Å². The van der Waals surface area contributed by atoms with Crippen LogP contribution in [0.15, 0.2) is 24.3 Å². The average Bonchev–Trinajstić information content (AvgIpc) is 2.62. The lowest BCUT2D eigenvalue weighted by molar-refractivity contribution is -0.125. The maximum Gasteiger partial charge on any atom is 0.239 e. The molecule has 3 rings (SSSR count). The van der Waals surface area contributed by atoms with Crippen molar-refractivity contribution in [2.45, 2.75) is 37.8 Å². The fourth-order valence-corrected chi connectivity index (χ4v) is 3.25. The second kappa shape index (κ2) is 8.43. The minimum atomic E-state index is -0.213. The number of fused-ring (bicyclic) bond motifs is 1. The second-order valence-corrected chi connectivity index (χ2v) is 6.18. The van der Waals surface area contributed by atoms with Crippen molar-refractivity contribution in [3.05, 3.63) is 35.4 Å². The van der Waals surface area contributed by atoms with Crippen molar-refractivity contribution in [3.63, 3.8) is 0 Å². The van der Waals surface area contributed by atoms with Gasteiger partial charge in [-0.2, -0.15) is 0 Å². The number of nitrogens with one attached hydrogen (secondary N) is 2. The lowest BCUT2D eigenvalue weighted by Gasteiger charge is -2.26. The van der Waals surface area contributed by atoms with Gasteiger partial charge in [-0.25, -0.2) is 0 Å². The van der Waals surface area contributed by atoms with Crippen LogP contribution in [0.2, 0.25) is 0 Å². The molecule has 0 spiro atoms. The smallest absolute Gasteiger partial charge is 0.239 e. The van der Waals surface area contributed by atoms with Gasteiger partial charge in [0.25, 0.3) is 0 Å². The van der Waals surface area contributed by atoms with E-state index in [1.54, 1.807) is 0 Å². The predicted octanol–water partition coefficient (Wildman–Crippen LogP) is 1.58. The summed E-state index contributed by atoms with van der Waals surface area (Å²) in [7, 11) is 0. The molecule has 1 aromatic rings. The lowest BCUT2D eigenvalue weighted by atomic mass is 9.89. The van der Waals surface area contributed by atoms with Crippen molar-refractivity contribution < 1.29 is 14.3 Å². The van der Waals surface area contributed by atoms with Crippen molar-refractivity contribution in [3.8, 4) is 0 Å². The molecule has 1 aliphatic carbocycles. The molecule has 2 aliphatic rings. The third-order valence-corrected chi connectivity index (χ3v) is 4.49. The largest absolute Gasteiger partial charge is 0.378 e. The van der Waals surface area contributed by atoms with Crippen LogP contribution in [0.5, 0.6) is 0 Å². The fraction of sp³-hybridized carbons (Fsp3) is 0.611. The molecule has 0 radical (unpaired) electrons. The van der Waals surface area contributed by atoms with Crippen LogP contribution in [0.25, 0.3) is 0 Å². The lowest BCUT2D eigenvalue weighted by Crippen LogP contribution is -2.51. The maximum atomic E-state index is 11.9. The Kier molecular flexibility index (Phi) is 6.02. The van der Waals surface area contributed by atoms with Crippen molar-refractivity contribution in [2.75, 3.05) is 32.9 Å². The summed E-state index contributed by atoms with van der Waals surface area (Å²) in [6.45, 7) is 3.20. The molecule has 1 saturated heterocycles. The van der Waals surface area contributed by atoms with Gasteiger partial charge in [-0.15, -0.1) is 0 Å². The Morgan fingerprint density at radius 1 is 1.39 bits per heavy atom. The number of hydrogen-bond donors (Lipinski definition) is 2. The summed E-state index contributed by atoms with van der Waals surface area (Å²) in [6.07, 6.45) is 4.47. The zero-order valence-corrected chi connectivity index (χ0v) is 13.6. The van der Waals surface area contributed by atoms with Gasteiger partial charge in [0.15, 0.2) is 0 Å². The SMILES string of the molecule is O=C(NCCCOC1CCCc2ccccc21)C1COCCN1. The van der Waals surface area contributed by atoms with Gasteiger partial charge in [0.1, 0.15) is 6.04 Å². The molecule has 126 valence electrons. The van der Waals surface area contributed by atoms with Gasteiger partial charge in [-0.3, -0.25) is 4.79 Å². The molecule has 0 aromatic heterocycles. The third-order valence-electron chi connectivity index (χ3n) is 4.49. The van der Waals surface area contributed by atoms with E-state index in [2.05, 4.69) is 34.9 Å². The molecule has 1 aromatic carbocycles. The highest BCUT2D eigenvalue weighted by Gasteiger charge is 2.21. The average molecular weight is 318 g/mol. The van der Waals surface area contributed by atoms with Crippen LogP contribution in [0.1, 0.15) is 36.5 Å². The van der Waals surface area contributed by atoms with Gasteiger partial charge in [0.2, 0.25) is 5.91 Å². The van der Waals surface area contributed by atoms with E-state index in [9.17, 15) is 4.79 Å². The second-order valence-electron chi connectivity index (χ2n) is 6.18. The van der Waals surface area contributed by atoms with E-state index in [4.69, 9.17) is 9.47 Å². The highest BCUT2D eigenvalue weighted by Crippen LogP contribution is 2.32. The number of carbonyl (C=O) groups excluding carboxylic acids is 1. The number of ether oxygens (including phenoxy) is 2. The first kappa shape index (κ1) is 16.4. The monoisotopic (exact) mass is 318 g/mol. The standard InChI is InChI=1S/C18H26N2O3/c21-18(16-13-22-12-10-19-16)20-9-4-11-23-17-8-3-6-14-5-1-2-7-15(14)17/h1-2,5,7,16-17,19H,3-4,6,8-13H2,(H,20,21). The van der Waals surface area contributed by atoms with Gasteiger partial charge in [-0.1, -0.05) is 24.3 Å². The molecular formula is C18H26N2O3. The molecule has 1 aliphatic heterocycles. The predicted molar refractivity (Wildman–Crippen MR) is 88.3 cm³/mol. The van der Waals surface area contributed by atoms with Crippen molar-refractivity contribution in [1.82, 2.24) is 10.6 Å². The van der Waals surface area contributed by atoms with E-state index in [-0.39, 0.29) is 18.1 Å². The van der Waals surface area contributed by atoms with E-state index in [0.717, 1.165) is 25.8 Å². The summed E-state index contributed by atoms with van der Waals surface area (Å²) in [5, 5.41) is 6.10. The first-order valence-electron chi connectivity index (χ1n) is 8.63. The zero-order valence-electron chi connectivity index (χ0n) is 13.6. The minimum absolute atomic E-state index is 0.0210. The van der Waals surface area contributed by atoms with Crippen LogP contribution in [-0.4, -0.2) is 44.9 Å². The van der Waals surface area contributed by atoms with E-state index in [1.807, 2.05) is 0 Å². The Morgan fingerprint density at radius 3 is 3.17 bits per heavy atom.